The van der Waals surface area contributed by atoms with E-state index in [-0.39, 0.29) is 0 Å². The highest BCUT2D eigenvalue weighted by Crippen LogP contribution is 2.42. The predicted octanol–water partition coefficient (Wildman–Crippen LogP) is 3.54. The largest absolute Gasteiger partial charge is 0.464 e. The molecule has 0 saturated heterocycles. The van der Waals surface area contributed by atoms with Crippen molar-refractivity contribution in [2.45, 2.75) is 46.1 Å². The minimum Gasteiger partial charge on any atom is -0.464 e. The van der Waals surface area contributed by atoms with Gasteiger partial charge in [-0.1, -0.05) is 20.8 Å². The van der Waals surface area contributed by atoms with Crippen LogP contribution in [0.2, 0.25) is 0 Å². The van der Waals surface area contributed by atoms with Crippen LogP contribution in [-0.4, -0.2) is 6.54 Å². The van der Waals surface area contributed by atoms with Crippen LogP contribution < -0.4 is 5.32 Å². The molecule has 1 N–H and O–H groups in total. The molecule has 1 heterocycles. The van der Waals surface area contributed by atoms with Gasteiger partial charge in [-0.3, -0.25) is 0 Å². The lowest BCUT2D eigenvalue weighted by Crippen LogP contribution is -2.27. The van der Waals surface area contributed by atoms with Crippen LogP contribution in [0.1, 0.15) is 51.2 Å². The standard InChI is InChI=1S/C14H23NO/c1-4-12-8-9-13(16-12)14(15-5-2)10(3)11-6-7-11/h8-11,14-15H,4-7H2,1-3H3. The van der Waals surface area contributed by atoms with E-state index in [1.165, 1.54) is 12.8 Å². The lowest BCUT2D eigenvalue weighted by molar-refractivity contribution is 0.298. The van der Waals surface area contributed by atoms with E-state index in [4.69, 9.17) is 4.42 Å². The molecule has 2 nitrogen and oxygen atoms in total. The average molecular weight is 221 g/mol. The van der Waals surface area contributed by atoms with Crippen LogP contribution in [0.15, 0.2) is 16.5 Å². The van der Waals surface area contributed by atoms with Gasteiger partial charge in [-0.25, -0.2) is 0 Å². The molecule has 2 heteroatoms. The summed E-state index contributed by atoms with van der Waals surface area (Å²) in [5.74, 6) is 3.81. The van der Waals surface area contributed by atoms with Gasteiger partial charge in [-0.15, -0.1) is 0 Å². The Morgan fingerprint density at radius 1 is 1.38 bits per heavy atom. The molecule has 90 valence electrons. The number of rotatable bonds is 6. The molecule has 0 amide bonds. The smallest absolute Gasteiger partial charge is 0.121 e. The van der Waals surface area contributed by atoms with Crippen molar-refractivity contribution < 1.29 is 4.42 Å². The summed E-state index contributed by atoms with van der Waals surface area (Å²) in [4.78, 5) is 0. The molecular weight excluding hydrogens is 198 g/mol. The van der Waals surface area contributed by atoms with Gasteiger partial charge < -0.3 is 9.73 Å². The number of furan rings is 1. The Bertz CT molecular complexity index is 327. The Labute approximate surface area is 98.4 Å². The van der Waals surface area contributed by atoms with Gasteiger partial charge in [0.05, 0.1) is 6.04 Å². The first kappa shape index (κ1) is 11.7. The average Bonchev–Trinajstić information content (AvgIpc) is 3.04. The van der Waals surface area contributed by atoms with Crippen molar-refractivity contribution in [3.8, 4) is 0 Å². The molecule has 2 atom stereocenters. The van der Waals surface area contributed by atoms with Crippen molar-refractivity contribution in [1.29, 1.82) is 0 Å². The highest BCUT2D eigenvalue weighted by Gasteiger charge is 2.34. The first-order valence-corrected chi connectivity index (χ1v) is 6.58. The number of nitrogens with one attached hydrogen (secondary N) is 1. The molecule has 0 bridgehead atoms. The Morgan fingerprint density at radius 2 is 2.12 bits per heavy atom. The maximum atomic E-state index is 5.88. The number of hydrogen-bond acceptors (Lipinski definition) is 2. The molecule has 2 rings (SSSR count). The van der Waals surface area contributed by atoms with Crippen LogP contribution in [0.3, 0.4) is 0 Å². The Kier molecular flexibility index (Phi) is 3.70. The van der Waals surface area contributed by atoms with Gasteiger partial charge in [-0.05, 0) is 43.4 Å². The van der Waals surface area contributed by atoms with Crippen molar-refractivity contribution >= 4 is 0 Å². The molecule has 1 fully saturated rings. The Morgan fingerprint density at radius 3 is 2.62 bits per heavy atom. The molecule has 16 heavy (non-hydrogen) atoms. The normalized spacial score (nSPS) is 19.7. The molecule has 2 unspecified atom stereocenters. The summed E-state index contributed by atoms with van der Waals surface area (Å²) in [5, 5.41) is 3.56. The quantitative estimate of drug-likeness (QED) is 0.795. The van der Waals surface area contributed by atoms with E-state index in [2.05, 4.69) is 38.2 Å². The fourth-order valence-electron chi connectivity index (χ4n) is 2.41. The summed E-state index contributed by atoms with van der Waals surface area (Å²) < 4.78 is 5.88. The fraction of sp³-hybridized carbons (Fsp3) is 0.714. The van der Waals surface area contributed by atoms with Gasteiger partial charge >= 0.3 is 0 Å². The van der Waals surface area contributed by atoms with E-state index < -0.39 is 0 Å². The van der Waals surface area contributed by atoms with Crippen LogP contribution in [0.25, 0.3) is 0 Å². The Balaban J connectivity index is 2.10. The van der Waals surface area contributed by atoms with E-state index in [1.807, 2.05) is 0 Å². The van der Waals surface area contributed by atoms with E-state index in [0.717, 1.165) is 30.4 Å². The van der Waals surface area contributed by atoms with Gasteiger partial charge in [0.15, 0.2) is 0 Å². The third-order valence-corrected chi connectivity index (χ3v) is 3.65. The third kappa shape index (κ3) is 2.49. The monoisotopic (exact) mass is 221 g/mol. The minimum absolute atomic E-state index is 0.401. The van der Waals surface area contributed by atoms with Gasteiger partial charge in [0.2, 0.25) is 0 Å². The van der Waals surface area contributed by atoms with Crippen molar-refractivity contribution in [1.82, 2.24) is 5.32 Å². The minimum atomic E-state index is 0.401. The fourth-order valence-corrected chi connectivity index (χ4v) is 2.41. The van der Waals surface area contributed by atoms with Crippen molar-refractivity contribution in [2.75, 3.05) is 6.54 Å². The molecule has 1 saturated carbocycles. The molecule has 1 aromatic heterocycles. The van der Waals surface area contributed by atoms with Crippen LogP contribution in [0.5, 0.6) is 0 Å². The summed E-state index contributed by atoms with van der Waals surface area (Å²) in [6.45, 7) is 7.65. The van der Waals surface area contributed by atoms with Gasteiger partial charge in [0.1, 0.15) is 11.5 Å². The summed E-state index contributed by atoms with van der Waals surface area (Å²) in [6.07, 6.45) is 3.77. The second-order valence-electron chi connectivity index (χ2n) is 4.89. The van der Waals surface area contributed by atoms with Crippen molar-refractivity contribution in [3.05, 3.63) is 23.7 Å². The zero-order chi connectivity index (χ0) is 11.5. The summed E-state index contributed by atoms with van der Waals surface area (Å²) in [5.41, 5.74) is 0. The second-order valence-corrected chi connectivity index (χ2v) is 4.89. The molecule has 1 aliphatic carbocycles. The van der Waals surface area contributed by atoms with Gasteiger partial charge in [-0.2, -0.15) is 0 Å². The van der Waals surface area contributed by atoms with Gasteiger partial charge in [0.25, 0.3) is 0 Å². The summed E-state index contributed by atoms with van der Waals surface area (Å²) in [7, 11) is 0. The molecule has 0 aromatic carbocycles. The van der Waals surface area contributed by atoms with Crippen molar-refractivity contribution in [3.63, 3.8) is 0 Å². The molecule has 0 radical (unpaired) electrons. The SMILES string of the molecule is CCNC(c1ccc(CC)o1)C(C)C1CC1. The lowest BCUT2D eigenvalue weighted by atomic mass is 9.94. The third-order valence-electron chi connectivity index (χ3n) is 3.65. The van der Waals surface area contributed by atoms with Crippen molar-refractivity contribution in [2.24, 2.45) is 11.8 Å². The zero-order valence-electron chi connectivity index (χ0n) is 10.6. The molecule has 0 spiro atoms. The van der Waals surface area contributed by atoms with Gasteiger partial charge in [0, 0.05) is 6.42 Å². The maximum Gasteiger partial charge on any atom is 0.121 e. The van der Waals surface area contributed by atoms with E-state index in [0.29, 0.717) is 12.0 Å². The molecular formula is C14H23NO. The first-order valence-electron chi connectivity index (χ1n) is 6.58. The molecule has 1 aromatic rings. The number of hydrogen-bond donors (Lipinski definition) is 1. The van der Waals surface area contributed by atoms with E-state index in [1.54, 1.807) is 0 Å². The second kappa shape index (κ2) is 5.05. The molecule has 0 aliphatic heterocycles. The topological polar surface area (TPSA) is 25.2 Å². The highest BCUT2D eigenvalue weighted by molar-refractivity contribution is 5.12. The summed E-state index contributed by atoms with van der Waals surface area (Å²) in [6, 6.07) is 4.66. The first-order chi connectivity index (χ1) is 7.76. The Hall–Kier alpha value is -0.760. The van der Waals surface area contributed by atoms with Crippen LogP contribution in [0.4, 0.5) is 0 Å². The van der Waals surface area contributed by atoms with Crippen LogP contribution in [-0.2, 0) is 6.42 Å². The maximum absolute atomic E-state index is 5.88. The lowest BCUT2D eigenvalue weighted by Gasteiger charge is -2.22. The number of aryl methyl sites for hydroxylation is 1. The predicted molar refractivity (Wildman–Crippen MR) is 66.4 cm³/mol. The van der Waals surface area contributed by atoms with E-state index >= 15 is 0 Å². The highest BCUT2D eigenvalue weighted by atomic mass is 16.3. The zero-order valence-corrected chi connectivity index (χ0v) is 10.6. The van der Waals surface area contributed by atoms with Crippen LogP contribution in [0, 0.1) is 11.8 Å². The van der Waals surface area contributed by atoms with Crippen LogP contribution >= 0.6 is 0 Å². The van der Waals surface area contributed by atoms with E-state index in [9.17, 15) is 0 Å². The molecule has 1 aliphatic rings. The summed E-state index contributed by atoms with van der Waals surface area (Å²) >= 11 is 0.